The summed E-state index contributed by atoms with van der Waals surface area (Å²) in [6.45, 7) is 6.78. The van der Waals surface area contributed by atoms with Gasteiger partial charge in [-0.25, -0.2) is 9.59 Å². The minimum atomic E-state index is -0.598. The molecule has 160 valence electrons. The van der Waals surface area contributed by atoms with Crippen LogP contribution in [0, 0.1) is 0 Å². The van der Waals surface area contributed by atoms with Crippen LogP contribution in [0.4, 0.5) is 15.3 Å². The first-order chi connectivity index (χ1) is 14.3. The number of anilines is 1. The number of hydrogen-bond donors (Lipinski definition) is 1. The van der Waals surface area contributed by atoms with Crippen molar-refractivity contribution in [2.24, 2.45) is 0 Å². The number of nitrogens with one attached hydrogen (secondary N) is 1. The molecule has 8 nitrogen and oxygen atoms in total. The lowest BCUT2D eigenvalue weighted by Gasteiger charge is -2.36. The van der Waals surface area contributed by atoms with Gasteiger partial charge in [0.05, 0.1) is 18.9 Å². The largest absolute Gasteiger partial charge is 0.444 e. The highest BCUT2D eigenvalue weighted by Crippen LogP contribution is 2.26. The zero-order valence-electron chi connectivity index (χ0n) is 17.5. The van der Waals surface area contributed by atoms with Gasteiger partial charge in [0.2, 0.25) is 0 Å². The highest BCUT2D eigenvalue weighted by molar-refractivity contribution is 5.84. The molecule has 0 radical (unpaired) electrons. The molecule has 0 bridgehead atoms. The molecule has 1 saturated heterocycles. The number of carbonyl (C=O) groups excluding carboxylic acids is 2. The third-order valence-corrected chi connectivity index (χ3v) is 4.34. The predicted octanol–water partition coefficient (Wildman–Crippen LogP) is 4.14. The van der Waals surface area contributed by atoms with E-state index < -0.39 is 23.8 Å². The molecule has 0 aliphatic carbocycles. The van der Waals surface area contributed by atoms with Gasteiger partial charge < -0.3 is 14.2 Å². The molecule has 1 aromatic heterocycles. The number of carbonyl (C=O) groups is 2. The van der Waals surface area contributed by atoms with E-state index in [2.05, 4.69) is 10.3 Å². The van der Waals surface area contributed by atoms with E-state index >= 15 is 0 Å². The van der Waals surface area contributed by atoms with Gasteiger partial charge >= 0.3 is 12.2 Å². The van der Waals surface area contributed by atoms with E-state index in [1.54, 1.807) is 23.2 Å². The molecule has 8 heteroatoms. The summed E-state index contributed by atoms with van der Waals surface area (Å²) in [7, 11) is 0. The molecule has 1 fully saturated rings. The third kappa shape index (κ3) is 6.18. The molecule has 3 rings (SSSR count). The van der Waals surface area contributed by atoms with Gasteiger partial charge in [0.25, 0.3) is 0 Å². The number of aromatic nitrogens is 1. The summed E-state index contributed by atoms with van der Waals surface area (Å²) in [5, 5.41) is 2.70. The van der Waals surface area contributed by atoms with E-state index in [1.165, 1.54) is 0 Å². The number of nitrogens with zero attached hydrogens (tertiary/aromatic N) is 2. The van der Waals surface area contributed by atoms with Gasteiger partial charge in [-0.15, -0.1) is 0 Å². The number of hydrogen-bond acceptors (Lipinski definition) is 6. The van der Waals surface area contributed by atoms with Crippen LogP contribution >= 0.6 is 0 Å². The Morgan fingerprint density at radius 1 is 1.23 bits per heavy atom. The SMILES string of the molecule is CC(C)(C)OC(=O)N1CCOCC1c1cc(NC(=O)OCc2ccccc2)ccn1. The van der Waals surface area contributed by atoms with E-state index in [-0.39, 0.29) is 6.61 Å². The fraction of sp³-hybridized carbons (Fsp3) is 0.409. The van der Waals surface area contributed by atoms with Crippen molar-refractivity contribution in [3.63, 3.8) is 0 Å². The maximum atomic E-state index is 12.6. The molecule has 1 aromatic carbocycles. The third-order valence-electron chi connectivity index (χ3n) is 4.34. The highest BCUT2D eigenvalue weighted by Gasteiger charge is 2.33. The predicted molar refractivity (Wildman–Crippen MR) is 111 cm³/mol. The number of ether oxygens (including phenoxy) is 3. The first-order valence-corrected chi connectivity index (χ1v) is 9.83. The molecule has 1 atom stereocenters. The number of amides is 2. The molecule has 1 aliphatic rings. The second kappa shape index (κ2) is 9.58. The maximum Gasteiger partial charge on any atom is 0.411 e. The van der Waals surface area contributed by atoms with Crippen LogP contribution in [0.1, 0.15) is 38.1 Å². The van der Waals surface area contributed by atoms with E-state index in [0.717, 1.165) is 5.56 Å². The Morgan fingerprint density at radius 2 is 2.00 bits per heavy atom. The lowest BCUT2D eigenvalue weighted by Crippen LogP contribution is -2.46. The normalized spacial score (nSPS) is 16.6. The van der Waals surface area contributed by atoms with E-state index in [4.69, 9.17) is 14.2 Å². The fourth-order valence-electron chi connectivity index (χ4n) is 2.97. The van der Waals surface area contributed by atoms with Crippen molar-refractivity contribution in [1.82, 2.24) is 9.88 Å². The standard InChI is InChI=1S/C22H27N3O5/c1-22(2,3)30-21(27)25-11-12-28-15-19(25)18-13-17(9-10-23-18)24-20(26)29-14-16-7-5-4-6-8-16/h4-10,13,19H,11-12,14-15H2,1-3H3,(H,23,24,26). The Balaban J connectivity index is 1.65. The van der Waals surface area contributed by atoms with Crippen LogP contribution in [-0.2, 0) is 20.8 Å². The van der Waals surface area contributed by atoms with Crippen molar-refractivity contribution in [2.45, 2.75) is 39.0 Å². The van der Waals surface area contributed by atoms with Gasteiger partial charge in [0.1, 0.15) is 18.2 Å². The lowest BCUT2D eigenvalue weighted by atomic mass is 10.1. The van der Waals surface area contributed by atoms with Gasteiger partial charge in [-0.3, -0.25) is 15.2 Å². The summed E-state index contributed by atoms with van der Waals surface area (Å²) in [4.78, 5) is 30.7. The van der Waals surface area contributed by atoms with Crippen molar-refractivity contribution >= 4 is 17.9 Å². The van der Waals surface area contributed by atoms with Crippen LogP contribution in [0.3, 0.4) is 0 Å². The molecule has 0 saturated carbocycles. The van der Waals surface area contributed by atoms with Crippen molar-refractivity contribution in [3.8, 4) is 0 Å². The highest BCUT2D eigenvalue weighted by atomic mass is 16.6. The summed E-state index contributed by atoms with van der Waals surface area (Å²) in [5.74, 6) is 0. The average molecular weight is 413 g/mol. The molecule has 2 heterocycles. The van der Waals surface area contributed by atoms with Gasteiger partial charge in [0, 0.05) is 18.4 Å². The number of rotatable bonds is 4. The van der Waals surface area contributed by atoms with Gasteiger partial charge in [-0.2, -0.15) is 0 Å². The van der Waals surface area contributed by atoms with Crippen LogP contribution in [0.2, 0.25) is 0 Å². The summed E-state index contributed by atoms with van der Waals surface area (Å²) in [6, 6.07) is 12.4. The van der Waals surface area contributed by atoms with E-state index in [0.29, 0.717) is 31.1 Å². The molecule has 2 amide bonds. The second-order valence-electron chi connectivity index (χ2n) is 7.92. The van der Waals surface area contributed by atoms with Crippen LogP contribution in [0.25, 0.3) is 0 Å². The minimum absolute atomic E-state index is 0.174. The molecule has 30 heavy (non-hydrogen) atoms. The Kier molecular flexibility index (Phi) is 6.89. The van der Waals surface area contributed by atoms with Crippen molar-refractivity contribution < 1.29 is 23.8 Å². The van der Waals surface area contributed by atoms with Crippen LogP contribution < -0.4 is 5.32 Å². The number of pyridine rings is 1. The Hall–Kier alpha value is -3.13. The van der Waals surface area contributed by atoms with Gasteiger partial charge in [0.15, 0.2) is 0 Å². The molecule has 0 spiro atoms. The summed E-state index contributed by atoms with van der Waals surface area (Å²) >= 11 is 0. The maximum absolute atomic E-state index is 12.6. The average Bonchev–Trinajstić information content (AvgIpc) is 2.72. The minimum Gasteiger partial charge on any atom is -0.444 e. The molecule has 2 aromatic rings. The van der Waals surface area contributed by atoms with E-state index in [9.17, 15) is 9.59 Å². The molecular weight excluding hydrogens is 386 g/mol. The monoisotopic (exact) mass is 413 g/mol. The topological polar surface area (TPSA) is 90.0 Å². The van der Waals surface area contributed by atoms with Gasteiger partial charge in [-0.05, 0) is 38.5 Å². The van der Waals surface area contributed by atoms with Crippen LogP contribution in [0.15, 0.2) is 48.7 Å². The zero-order valence-corrected chi connectivity index (χ0v) is 17.5. The van der Waals surface area contributed by atoms with Crippen LogP contribution in [-0.4, -0.2) is 47.4 Å². The molecular formula is C22H27N3O5. The Morgan fingerprint density at radius 3 is 2.73 bits per heavy atom. The molecule has 1 unspecified atom stereocenters. The number of benzene rings is 1. The summed E-state index contributed by atoms with van der Waals surface area (Å²) in [6.07, 6.45) is 0.586. The van der Waals surface area contributed by atoms with Gasteiger partial charge in [-0.1, -0.05) is 30.3 Å². The smallest absolute Gasteiger partial charge is 0.411 e. The number of morpholine rings is 1. The van der Waals surface area contributed by atoms with E-state index in [1.807, 2.05) is 51.1 Å². The molecule has 1 N–H and O–H groups in total. The first kappa shape index (κ1) is 21.6. The molecule has 1 aliphatic heterocycles. The van der Waals surface area contributed by atoms with Crippen molar-refractivity contribution in [3.05, 3.63) is 59.9 Å². The Labute approximate surface area is 176 Å². The lowest BCUT2D eigenvalue weighted by molar-refractivity contribution is -0.0340. The fourth-order valence-corrected chi connectivity index (χ4v) is 2.97. The summed E-state index contributed by atoms with van der Waals surface area (Å²) in [5.41, 5.74) is 1.42. The van der Waals surface area contributed by atoms with Crippen LogP contribution in [0.5, 0.6) is 0 Å². The second-order valence-corrected chi connectivity index (χ2v) is 7.92. The van der Waals surface area contributed by atoms with Crippen molar-refractivity contribution in [2.75, 3.05) is 25.1 Å². The summed E-state index contributed by atoms with van der Waals surface area (Å²) < 4.78 is 16.3. The van der Waals surface area contributed by atoms with Crippen molar-refractivity contribution in [1.29, 1.82) is 0 Å². The first-order valence-electron chi connectivity index (χ1n) is 9.83. The Bertz CT molecular complexity index is 867. The quantitative estimate of drug-likeness (QED) is 0.810. The zero-order chi connectivity index (χ0) is 21.6.